The fraction of sp³-hybridized carbons (Fsp3) is 0.308. The van der Waals surface area contributed by atoms with Gasteiger partial charge in [-0.2, -0.15) is 0 Å². The molecule has 0 saturated carbocycles. The molecule has 4 rings (SSSR count). The Bertz CT molecular complexity index is 1260. The number of amides is 3. The van der Waals surface area contributed by atoms with Gasteiger partial charge in [0, 0.05) is 29.6 Å². The number of urea groups is 1. The molecule has 0 aliphatic carbocycles. The first-order valence-corrected chi connectivity index (χ1v) is 11.7. The Kier molecular flexibility index (Phi) is 7.96. The first kappa shape index (κ1) is 24.9. The van der Waals surface area contributed by atoms with E-state index >= 15 is 0 Å². The molecular formula is C26H29N5O5. The van der Waals surface area contributed by atoms with E-state index in [1.165, 1.54) is 0 Å². The number of para-hydroxylation sites is 1. The number of carbonyl (C=O) groups excluding carboxylic acids is 2. The van der Waals surface area contributed by atoms with E-state index in [2.05, 4.69) is 20.8 Å². The summed E-state index contributed by atoms with van der Waals surface area (Å²) in [4.78, 5) is 33.8. The standard InChI is InChI=1S/C26H29N5O5/c1-3-27-26(33)29-23(14-25(32)30-34)24-13-22(31-36-24)17-8-10-19(11-9-17)35-15-18-12-16(2)28-21-7-5-4-6-20(18)21/h4-12,23-24,34H,3,13-15H2,1-2H3,(H,30,32)(H2,27,29,33). The average molecular weight is 492 g/mol. The third kappa shape index (κ3) is 6.08. The number of fused-ring (bicyclic) bond motifs is 1. The maximum atomic E-state index is 12.0. The summed E-state index contributed by atoms with van der Waals surface area (Å²) in [5, 5.41) is 19.5. The minimum atomic E-state index is -0.675. The van der Waals surface area contributed by atoms with Crippen molar-refractivity contribution < 1.29 is 24.4 Å². The van der Waals surface area contributed by atoms with Crippen LogP contribution in [0.5, 0.6) is 5.75 Å². The van der Waals surface area contributed by atoms with Crippen LogP contribution >= 0.6 is 0 Å². The monoisotopic (exact) mass is 491 g/mol. The Morgan fingerprint density at radius 2 is 1.97 bits per heavy atom. The molecular weight excluding hydrogens is 462 g/mol. The largest absolute Gasteiger partial charge is 0.489 e. The van der Waals surface area contributed by atoms with Crippen molar-refractivity contribution in [1.82, 2.24) is 21.1 Å². The van der Waals surface area contributed by atoms with Gasteiger partial charge in [0.25, 0.3) is 0 Å². The highest BCUT2D eigenvalue weighted by Crippen LogP contribution is 2.24. The Labute approximate surface area is 208 Å². The highest BCUT2D eigenvalue weighted by Gasteiger charge is 2.33. The molecule has 2 aromatic carbocycles. The minimum absolute atomic E-state index is 0.156. The van der Waals surface area contributed by atoms with Crippen LogP contribution < -0.4 is 20.9 Å². The highest BCUT2D eigenvalue weighted by molar-refractivity contribution is 6.01. The van der Waals surface area contributed by atoms with Crippen LogP contribution in [0, 0.1) is 6.92 Å². The van der Waals surface area contributed by atoms with E-state index in [-0.39, 0.29) is 6.42 Å². The minimum Gasteiger partial charge on any atom is -0.489 e. The smallest absolute Gasteiger partial charge is 0.315 e. The Morgan fingerprint density at radius 1 is 1.19 bits per heavy atom. The van der Waals surface area contributed by atoms with Crippen molar-refractivity contribution >= 4 is 28.6 Å². The molecule has 0 bridgehead atoms. The van der Waals surface area contributed by atoms with Crippen LogP contribution in [0.15, 0.2) is 59.8 Å². The van der Waals surface area contributed by atoms with Gasteiger partial charge in [0.15, 0.2) is 6.10 Å². The van der Waals surface area contributed by atoms with Crippen LogP contribution in [-0.2, 0) is 16.2 Å². The van der Waals surface area contributed by atoms with Crippen molar-refractivity contribution in [1.29, 1.82) is 0 Å². The van der Waals surface area contributed by atoms with Crippen molar-refractivity contribution in [3.8, 4) is 5.75 Å². The summed E-state index contributed by atoms with van der Waals surface area (Å²) in [6, 6.07) is 16.4. The lowest BCUT2D eigenvalue weighted by Gasteiger charge is -2.22. The van der Waals surface area contributed by atoms with E-state index in [1.54, 1.807) is 12.4 Å². The van der Waals surface area contributed by atoms with Crippen molar-refractivity contribution in [2.45, 2.75) is 45.4 Å². The van der Waals surface area contributed by atoms with Crippen LogP contribution in [0.2, 0.25) is 0 Å². The zero-order valence-electron chi connectivity index (χ0n) is 20.2. The molecule has 0 fully saturated rings. The average Bonchev–Trinajstić information content (AvgIpc) is 3.37. The van der Waals surface area contributed by atoms with Gasteiger partial charge in [-0.1, -0.05) is 23.4 Å². The summed E-state index contributed by atoms with van der Waals surface area (Å²) in [7, 11) is 0. The first-order chi connectivity index (χ1) is 17.5. The summed E-state index contributed by atoms with van der Waals surface area (Å²) in [6.45, 7) is 4.60. The third-order valence-corrected chi connectivity index (χ3v) is 5.84. The highest BCUT2D eigenvalue weighted by atomic mass is 16.6. The molecule has 2 unspecified atom stereocenters. The van der Waals surface area contributed by atoms with Crippen molar-refractivity contribution in [3.63, 3.8) is 0 Å². The number of ether oxygens (including phenoxy) is 1. The van der Waals surface area contributed by atoms with Crippen LogP contribution in [-0.4, -0.2) is 46.5 Å². The summed E-state index contributed by atoms with van der Waals surface area (Å²) < 4.78 is 6.03. The number of rotatable bonds is 9. The van der Waals surface area contributed by atoms with Gasteiger partial charge in [-0.3, -0.25) is 15.0 Å². The van der Waals surface area contributed by atoms with E-state index in [1.807, 2.05) is 61.5 Å². The third-order valence-electron chi connectivity index (χ3n) is 5.84. The molecule has 0 saturated heterocycles. The van der Waals surface area contributed by atoms with E-state index in [9.17, 15) is 9.59 Å². The molecule has 3 aromatic rings. The summed E-state index contributed by atoms with van der Waals surface area (Å²) in [6.07, 6.45) is -0.325. The Balaban J connectivity index is 1.39. The lowest BCUT2D eigenvalue weighted by Crippen LogP contribution is -2.49. The van der Waals surface area contributed by atoms with Crippen molar-refractivity contribution in [2.24, 2.45) is 5.16 Å². The maximum Gasteiger partial charge on any atom is 0.315 e. The number of benzene rings is 2. The van der Waals surface area contributed by atoms with Gasteiger partial charge < -0.3 is 20.2 Å². The lowest BCUT2D eigenvalue weighted by atomic mass is 9.98. The number of aromatic nitrogens is 1. The van der Waals surface area contributed by atoms with Gasteiger partial charge in [0.2, 0.25) is 5.91 Å². The number of hydrogen-bond acceptors (Lipinski definition) is 7. The molecule has 10 nitrogen and oxygen atoms in total. The Hall–Kier alpha value is -4.18. The molecule has 2 heterocycles. The molecule has 4 N–H and O–H groups in total. The second-order valence-corrected chi connectivity index (χ2v) is 8.49. The second-order valence-electron chi connectivity index (χ2n) is 8.49. The van der Waals surface area contributed by atoms with Gasteiger partial charge in [-0.15, -0.1) is 0 Å². The molecule has 188 valence electrons. The zero-order valence-corrected chi connectivity index (χ0v) is 20.2. The van der Waals surface area contributed by atoms with Crippen LogP contribution in [0.25, 0.3) is 10.9 Å². The summed E-state index contributed by atoms with van der Waals surface area (Å²) in [5.74, 6) is 0.0799. The molecule has 1 aliphatic heterocycles. The lowest BCUT2D eigenvalue weighted by molar-refractivity contribution is -0.130. The topological polar surface area (TPSA) is 134 Å². The quantitative estimate of drug-likeness (QED) is 0.268. The van der Waals surface area contributed by atoms with E-state index in [0.29, 0.717) is 31.0 Å². The number of nitrogens with zero attached hydrogens (tertiary/aromatic N) is 2. The van der Waals surface area contributed by atoms with Gasteiger partial charge >= 0.3 is 6.03 Å². The van der Waals surface area contributed by atoms with Crippen LogP contribution in [0.3, 0.4) is 0 Å². The number of hydroxylamine groups is 1. The molecule has 0 radical (unpaired) electrons. The SMILES string of the molecule is CCNC(=O)NC(CC(=O)NO)C1CC(c2ccc(OCc3cc(C)nc4ccccc34)cc2)=NO1. The molecule has 1 aromatic heterocycles. The first-order valence-electron chi connectivity index (χ1n) is 11.7. The number of nitrogens with one attached hydrogen (secondary N) is 3. The van der Waals surface area contributed by atoms with Crippen molar-refractivity contribution in [2.75, 3.05) is 6.54 Å². The zero-order chi connectivity index (χ0) is 25.5. The molecule has 0 spiro atoms. The van der Waals surface area contributed by atoms with E-state index < -0.39 is 24.1 Å². The van der Waals surface area contributed by atoms with E-state index in [4.69, 9.17) is 14.8 Å². The van der Waals surface area contributed by atoms with Crippen LogP contribution in [0.1, 0.15) is 36.6 Å². The fourth-order valence-corrected chi connectivity index (χ4v) is 4.10. The van der Waals surface area contributed by atoms with Crippen molar-refractivity contribution in [3.05, 3.63) is 71.4 Å². The van der Waals surface area contributed by atoms with Gasteiger partial charge in [0.1, 0.15) is 12.4 Å². The normalized spacial score (nSPS) is 15.5. The number of carbonyl (C=O) groups is 2. The van der Waals surface area contributed by atoms with Crippen LogP contribution in [0.4, 0.5) is 4.79 Å². The number of aryl methyl sites for hydroxylation is 1. The van der Waals surface area contributed by atoms with Gasteiger partial charge in [-0.25, -0.2) is 10.3 Å². The van der Waals surface area contributed by atoms with Gasteiger partial charge in [0.05, 0.1) is 23.7 Å². The maximum absolute atomic E-state index is 12.0. The molecule has 10 heteroatoms. The predicted octanol–water partition coefficient (Wildman–Crippen LogP) is 3.20. The fourth-order valence-electron chi connectivity index (χ4n) is 4.10. The molecule has 2 atom stereocenters. The number of pyridine rings is 1. The Morgan fingerprint density at radius 3 is 2.72 bits per heavy atom. The number of hydrogen-bond donors (Lipinski definition) is 4. The number of oxime groups is 1. The molecule has 1 aliphatic rings. The summed E-state index contributed by atoms with van der Waals surface area (Å²) in [5.41, 5.74) is 6.07. The van der Waals surface area contributed by atoms with Gasteiger partial charge in [-0.05, 0) is 55.8 Å². The molecule has 36 heavy (non-hydrogen) atoms. The summed E-state index contributed by atoms with van der Waals surface area (Å²) >= 11 is 0. The van der Waals surface area contributed by atoms with E-state index in [0.717, 1.165) is 27.7 Å². The predicted molar refractivity (Wildman–Crippen MR) is 134 cm³/mol. The second kappa shape index (κ2) is 11.5. The molecule has 3 amide bonds.